The Morgan fingerprint density at radius 2 is 1.58 bits per heavy atom. The third-order valence-electron chi connectivity index (χ3n) is 0.756. The highest BCUT2D eigenvalue weighted by Gasteiger charge is 1.73. The summed E-state index contributed by atoms with van der Waals surface area (Å²) in [4.78, 5) is 1.02. The SMILES string of the molecule is C=CC.CP.Sc1ccccc1. The maximum atomic E-state index is 4.08. The molecule has 0 radical (unpaired) electrons. The van der Waals surface area contributed by atoms with Crippen molar-refractivity contribution in [2.45, 2.75) is 11.8 Å². The van der Waals surface area contributed by atoms with E-state index in [0.717, 1.165) is 4.90 Å². The lowest BCUT2D eigenvalue weighted by atomic mass is 10.4. The van der Waals surface area contributed by atoms with Gasteiger partial charge in [-0.25, -0.2) is 0 Å². The van der Waals surface area contributed by atoms with Gasteiger partial charge in [0.05, 0.1) is 0 Å². The molecule has 0 nitrogen and oxygen atoms in total. The van der Waals surface area contributed by atoms with E-state index in [1.807, 2.05) is 43.9 Å². The van der Waals surface area contributed by atoms with Crippen molar-refractivity contribution in [2.24, 2.45) is 0 Å². The molecule has 68 valence electrons. The minimum absolute atomic E-state index is 1.02. The van der Waals surface area contributed by atoms with E-state index < -0.39 is 0 Å². The second-order valence-electron chi connectivity index (χ2n) is 1.74. The number of hydrogen-bond donors (Lipinski definition) is 1. The highest BCUT2D eigenvalue weighted by molar-refractivity contribution is 7.80. The van der Waals surface area contributed by atoms with Crippen LogP contribution in [-0.2, 0) is 0 Å². The number of allylic oxidation sites excluding steroid dienone is 1. The molecule has 12 heavy (non-hydrogen) atoms. The maximum Gasteiger partial charge on any atom is 0.00399 e. The largest absolute Gasteiger partial charge is 0.143 e. The van der Waals surface area contributed by atoms with Gasteiger partial charge in [-0.15, -0.1) is 28.4 Å². The summed E-state index contributed by atoms with van der Waals surface area (Å²) in [6.45, 7) is 7.17. The summed E-state index contributed by atoms with van der Waals surface area (Å²) in [5, 5.41) is 0. The zero-order valence-corrected chi connectivity index (χ0v) is 9.74. The third kappa shape index (κ3) is 12.4. The number of thiol groups is 1. The van der Waals surface area contributed by atoms with Crippen LogP contribution >= 0.6 is 21.9 Å². The molecule has 0 heterocycles. The molecule has 0 saturated carbocycles. The Morgan fingerprint density at radius 1 is 1.25 bits per heavy atom. The molecule has 0 amide bonds. The van der Waals surface area contributed by atoms with E-state index in [9.17, 15) is 0 Å². The average Bonchev–Trinajstić information content (AvgIpc) is 2.11. The lowest BCUT2D eigenvalue weighted by molar-refractivity contribution is 1.48. The van der Waals surface area contributed by atoms with Crippen molar-refractivity contribution < 1.29 is 0 Å². The molecule has 0 aliphatic rings. The van der Waals surface area contributed by atoms with E-state index >= 15 is 0 Å². The van der Waals surface area contributed by atoms with Gasteiger partial charge in [0.2, 0.25) is 0 Å². The summed E-state index contributed by atoms with van der Waals surface area (Å²) in [5.41, 5.74) is 0. The van der Waals surface area contributed by atoms with Crippen molar-refractivity contribution in [2.75, 3.05) is 6.66 Å². The van der Waals surface area contributed by atoms with Crippen molar-refractivity contribution in [3.8, 4) is 0 Å². The fraction of sp³-hybridized carbons (Fsp3) is 0.200. The highest BCUT2D eigenvalue weighted by Crippen LogP contribution is 2.00. The second kappa shape index (κ2) is 13.3. The summed E-state index contributed by atoms with van der Waals surface area (Å²) in [6.07, 6.45) is 1.75. The Bertz CT molecular complexity index is 172. The molecule has 1 aromatic rings. The minimum Gasteiger partial charge on any atom is -0.143 e. The zero-order chi connectivity index (χ0) is 9.82. The fourth-order valence-corrected chi connectivity index (χ4v) is 0.600. The van der Waals surface area contributed by atoms with Gasteiger partial charge in [0.25, 0.3) is 0 Å². The Morgan fingerprint density at radius 3 is 1.75 bits per heavy atom. The van der Waals surface area contributed by atoms with Gasteiger partial charge in [-0.1, -0.05) is 30.9 Å². The van der Waals surface area contributed by atoms with E-state index in [1.54, 1.807) is 6.08 Å². The summed E-state index contributed by atoms with van der Waals surface area (Å²) in [7, 11) is 2.42. The van der Waals surface area contributed by atoms with Crippen LogP contribution in [0.4, 0.5) is 0 Å². The van der Waals surface area contributed by atoms with E-state index in [1.165, 1.54) is 0 Å². The number of benzene rings is 1. The Balaban J connectivity index is 0. The normalized spacial score (nSPS) is 6.67. The molecule has 1 aromatic carbocycles. The van der Waals surface area contributed by atoms with Crippen LogP contribution in [0.25, 0.3) is 0 Å². The molecule has 0 N–H and O–H groups in total. The molecule has 0 aliphatic heterocycles. The van der Waals surface area contributed by atoms with Crippen molar-refractivity contribution >= 4 is 21.9 Å². The van der Waals surface area contributed by atoms with Gasteiger partial charge >= 0.3 is 0 Å². The standard InChI is InChI=1S/C6H6S.C3H6.CH5P/c7-6-4-2-1-3-5-6;1-3-2;1-2/h1-5,7H;3H,1H2,2H3;2H2,1H3. The molecule has 0 fully saturated rings. The Kier molecular flexibility index (Phi) is 15.9. The average molecular weight is 200 g/mol. The Hall–Kier alpha value is -0.260. The van der Waals surface area contributed by atoms with Crippen LogP contribution < -0.4 is 0 Å². The van der Waals surface area contributed by atoms with E-state index in [0.29, 0.717) is 0 Å². The third-order valence-corrected chi connectivity index (χ3v) is 1.05. The first-order valence-electron chi connectivity index (χ1n) is 3.70. The molecule has 2 heteroatoms. The molecular formula is C10H17PS. The maximum absolute atomic E-state index is 4.08. The van der Waals surface area contributed by atoms with Crippen molar-refractivity contribution in [3.63, 3.8) is 0 Å². The predicted molar refractivity (Wildman–Crippen MR) is 65.2 cm³/mol. The van der Waals surface area contributed by atoms with Crippen molar-refractivity contribution in [3.05, 3.63) is 43.0 Å². The molecule has 1 atom stereocenters. The first-order valence-corrected chi connectivity index (χ1v) is 5.30. The van der Waals surface area contributed by atoms with Gasteiger partial charge in [-0.05, 0) is 19.1 Å². The van der Waals surface area contributed by atoms with Gasteiger partial charge in [-0.3, -0.25) is 0 Å². The minimum atomic E-state index is 1.02. The van der Waals surface area contributed by atoms with Crippen molar-refractivity contribution in [1.29, 1.82) is 0 Å². The molecule has 1 unspecified atom stereocenters. The van der Waals surface area contributed by atoms with E-state index in [2.05, 4.69) is 28.4 Å². The smallest absolute Gasteiger partial charge is 0.00399 e. The second-order valence-corrected chi connectivity index (χ2v) is 2.26. The predicted octanol–water partition coefficient (Wildman–Crippen LogP) is 3.66. The van der Waals surface area contributed by atoms with Gasteiger partial charge < -0.3 is 0 Å². The van der Waals surface area contributed by atoms with Crippen molar-refractivity contribution in [1.82, 2.24) is 0 Å². The first-order chi connectivity index (χ1) is 5.81. The summed E-state index contributed by atoms with van der Waals surface area (Å²) < 4.78 is 0. The van der Waals surface area contributed by atoms with E-state index in [4.69, 9.17) is 0 Å². The first kappa shape index (κ1) is 14.3. The van der Waals surface area contributed by atoms with Gasteiger partial charge in [0.15, 0.2) is 0 Å². The molecule has 0 aromatic heterocycles. The topological polar surface area (TPSA) is 0 Å². The van der Waals surface area contributed by atoms with Crippen LogP contribution in [0.2, 0.25) is 0 Å². The van der Waals surface area contributed by atoms with Crippen LogP contribution in [0.3, 0.4) is 0 Å². The molecule has 0 bridgehead atoms. The van der Waals surface area contributed by atoms with Crippen LogP contribution in [0.1, 0.15) is 6.92 Å². The summed E-state index contributed by atoms with van der Waals surface area (Å²) in [5.74, 6) is 0. The van der Waals surface area contributed by atoms with Gasteiger partial charge in [0.1, 0.15) is 0 Å². The lowest BCUT2D eigenvalue weighted by Crippen LogP contribution is -1.56. The molecule has 1 rings (SSSR count). The van der Waals surface area contributed by atoms with Crippen LogP contribution in [0.15, 0.2) is 47.9 Å². The summed E-state index contributed by atoms with van der Waals surface area (Å²) in [6, 6.07) is 9.79. The van der Waals surface area contributed by atoms with Crippen LogP contribution in [0, 0.1) is 0 Å². The quantitative estimate of drug-likeness (QED) is 0.369. The molecule has 0 spiro atoms. The van der Waals surface area contributed by atoms with Gasteiger partial charge in [-0.2, -0.15) is 0 Å². The monoisotopic (exact) mass is 200 g/mol. The molecule has 0 saturated heterocycles. The Labute approximate surface area is 83.7 Å². The molecule has 0 aliphatic carbocycles. The highest BCUT2D eigenvalue weighted by atomic mass is 32.1. The van der Waals surface area contributed by atoms with E-state index in [-0.39, 0.29) is 0 Å². The van der Waals surface area contributed by atoms with Gasteiger partial charge in [0, 0.05) is 4.90 Å². The zero-order valence-electron chi connectivity index (χ0n) is 7.70. The number of rotatable bonds is 0. The van der Waals surface area contributed by atoms with Crippen LogP contribution in [-0.4, -0.2) is 6.66 Å². The van der Waals surface area contributed by atoms with Crippen LogP contribution in [0.5, 0.6) is 0 Å². The lowest BCUT2D eigenvalue weighted by Gasteiger charge is -1.81. The fourth-order valence-electron chi connectivity index (χ4n) is 0.428. The number of hydrogen-bond acceptors (Lipinski definition) is 1. The summed E-state index contributed by atoms with van der Waals surface area (Å²) >= 11 is 4.08. The molecular weight excluding hydrogens is 183 g/mol.